The number of hydrogen-bond acceptors (Lipinski definition) is 2. The van der Waals surface area contributed by atoms with E-state index in [1.165, 1.54) is 0 Å². The predicted octanol–water partition coefficient (Wildman–Crippen LogP) is 0.894. The van der Waals surface area contributed by atoms with E-state index >= 15 is 0 Å². The molecule has 0 radical (unpaired) electrons. The molecule has 1 aliphatic heterocycles. The van der Waals surface area contributed by atoms with Gasteiger partial charge in [-0.2, -0.15) is 0 Å². The third kappa shape index (κ3) is 1.31. The van der Waals surface area contributed by atoms with E-state index in [-0.39, 0.29) is 13.4 Å². The van der Waals surface area contributed by atoms with Crippen molar-refractivity contribution in [1.29, 1.82) is 0 Å². The molecule has 2 unspecified atom stereocenters. The average Bonchev–Trinajstić information content (AvgIpc) is 1.77. The highest BCUT2D eigenvalue weighted by Crippen LogP contribution is 2.13. The van der Waals surface area contributed by atoms with Crippen molar-refractivity contribution in [3.05, 3.63) is 0 Å². The summed E-state index contributed by atoms with van der Waals surface area (Å²) in [5.41, 5.74) is -0.816. The second-order valence-corrected chi connectivity index (χ2v) is 1.95. The lowest BCUT2D eigenvalue weighted by Gasteiger charge is -2.20. The Bertz CT molecular complexity index is 70.4. The van der Waals surface area contributed by atoms with Gasteiger partial charge in [0, 0.05) is 0 Å². The Hall–Kier alpha value is 0.140. The van der Waals surface area contributed by atoms with E-state index < -0.39 is 11.7 Å². The molecule has 0 amide bonds. The summed E-state index contributed by atoms with van der Waals surface area (Å²) in [7, 11) is 0. The SMILES string of the molecule is FC1COCOC1Cl. The first-order valence-electron chi connectivity index (χ1n) is 2.28. The first kappa shape index (κ1) is 6.26. The molecule has 0 N–H and O–H groups in total. The quantitative estimate of drug-likeness (QED) is 0.466. The van der Waals surface area contributed by atoms with Crippen LogP contribution in [-0.2, 0) is 9.47 Å². The fraction of sp³-hybridized carbons (Fsp3) is 1.00. The summed E-state index contributed by atoms with van der Waals surface area (Å²) < 4.78 is 21.3. The molecule has 8 heavy (non-hydrogen) atoms. The molecule has 0 aliphatic carbocycles. The van der Waals surface area contributed by atoms with Crippen LogP contribution in [0, 0.1) is 0 Å². The topological polar surface area (TPSA) is 18.5 Å². The van der Waals surface area contributed by atoms with Gasteiger partial charge in [0.05, 0.1) is 6.61 Å². The Balaban J connectivity index is 2.28. The molecular formula is C4H6ClFO2. The van der Waals surface area contributed by atoms with Crippen LogP contribution in [0.4, 0.5) is 4.39 Å². The van der Waals surface area contributed by atoms with Crippen molar-refractivity contribution in [2.24, 2.45) is 0 Å². The summed E-state index contributed by atoms with van der Waals surface area (Å²) in [5.74, 6) is 0. The maximum atomic E-state index is 12.2. The van der Waals surface area contributed by atoms with Gasteiger partial charge < -0.3 is 9.47 Å². The van der Waals surface area contributed by atoms with Crippen molar-refractivity contribution in [3.63, 3.8) is 0 Å². The lowest BCUT2D eigenvalue weighted by atomic mass is 10.4. The molecule has 0 aromatic carbocycles. The van der Waals surface area contributed by atoms with Crippen LogP contribution in [0.5, 0.6) is 0 Å². The van der Waals surface area contributed by atoms with Crippen LogP contribution in [0.2, 0.25) is 0 Å². The van der Waals surface area contributed by atoms with Crippen LogP contribution in [0.25, 0.3) is 0 Å². The highest BCUT2D eigenvalue weighted by molar-refractivity contribution is 6.20. The van der Waals surface area contributed by atoms with E-state index in [4.69, 9.17) is 11.6 Å². The Morgan fingerprint density at radius 2 is 2.38 bits per heavy atom. The van der Waals surface area contributed by atoms with E-state index in [0.717, 1.165) is 0 Å². The van der Waals surface area contributed by atoms with Crippen molar-refractivity contribution in [1.82, 2.24) is 0 Å². The maximum Gasteiger partial charge on any atom is 0.167 e. The summed E-state index contributed by atoms with van der Waals surface area (Å²) >= 11 is 5.29. The van der Waals surface area contributed by atoms with Crippen LogP contribution in [0.3, 0.4) is 0 Å². The summed E-state index contributed by atoms with van der Waals surface area (Å²) in [6, 6.07) is 0. The molecule has 0 saturated carbocycles. The van der Waals surface area contributed by atoms with Gasteiger partial charge in [0.15, 0.2) is 11.7 Å². The van der Waals surface area contributed by atoms with Crippen LogP contribution >= 0.6 is 11.6 Å². The minimum Gasteiger partial charge on any atom is -0.352 e. The van der Waals surface area contributed by atoms with E-state index in [2.05, 4.69) is 9.47 Å². The molecule has 0 bridgehead atoms. The maximum absolute atomic E-state index is 12.2. The number of ether oxygens (including phenoxy) is 2. The third-order valence-corrected chi connectivity index (χ3v) is 1.27. The second kappa shape index (κ2) is 2.62. The van der Waals surface area contributed by atoms with Crippen LogP contribution in [0.1, 0.15) is 0 Å². The van der Waals surface area contributed by atoms with Crippen molar-refractivity contribution >= 4 is 11.6 Å². The molecule has 1 rings (SSSR count). The lowest BCUT2D eigenvalue weighted by Crippen LogP contribution is -2.31. The van der Waals surface area contributed by atoms with Crippen LogP contribution in [-0.4, -0.2) is 25.1 Å². The Morgan fingerprint density at radius 1 is 1.62 bits per heavy atom. The van der Waals surface area contributed by atoms with Gasteiger partial charge in [0.25, 0.3) is 0 Å². The molecule has 1 aliphatic rings. The molecule has 0 spiro atoms. The normalized spacial score (nSPS) is 39.8. The van der Waals surface area contributed by atoms with Gasteiger partial charge in [0.1, 0.15) is 6.79 Å². The molecule has 0 aromatic rings. The van der Waals surface area contributed by atoms with Gasteiger partial charge in [0.2, 0.25) is 0 Å². The monoisotopic (exact) mass is 140 g/mol. The molecule has 1 heterocycles. The van der Waals surface area contributed by atoms with Gasteiger partial charge in [-0.1, -0.05) is 11.6 Å². The lowest BCUT2D eigenvalue weighted by molar-refractivity contribution is -0.147. The average molecular weight is 141 g/mol. The minimum absolute atomic E-state index is 0.0498. The van der Waals surface area contributed by atoms with Crippen LogP contribution < -0.4 is 0 Å². The molecule has 1 fully saturated rings. The van der Waals surface area contributed by atoms with Crippen molar-refractivity contribution < 1.29 is 13.9 Å². The zero-order chi connectivity index (χ0) is 5.98. The van der Waals surface area contributed by atoms with Gasteiger partial charge in [-0.05, 0) is 0 Å². The van der Waals surface area contributed by atoms with E-state index in [9.17, 15) is 4.39 Å². The zero-order valence-electron chi connectivity index (χ0n) is 4.14. The van der Waals surface area contributed by atoms with Gasteiger partial charge >= 0.3 is 0 Å². The smallest absolute Gasteiger partial charge is 0.167 e. The van der Waals surface area contributed by atoms with Crippen molar-refractivity contribution in [3.8, 4) is 0 Å². The molecule has 1 saturated heterocycles. The number of halogens is 2. The van der Waals surface area contributed by atoms with Gasteiger partial charge in [-0.15, -0.1) is 0 Å². The fourth-order valence-electron chi connectivity index (χ4n) is 0.454. The highest BCUT2D eigenvalue weighted by Gasteiger charge is 2.23. The first-order valence-corrected chi connectivity index (χ1v) is 2.72. The van der Waals surface area contributed by atoms with Crippen LogP contribution in [0.15, 0.2) is 0 Å². The van der Waals surface area contributed by atoms with E-state index in [0.29, 0.717) is 0 Å². The van der Waals surface area contributed by atoms with Crippen molar-refractivity contribution in [2.45, 2.75) is 11.7 Å². The summed E-state index contributed by atoms with van der Waals surface area (Å²) in [6.07, 6.45) is -1.18. The van der Waals surface area contributed by atoms with Gasteiger partial charge in [-0.3, -0.25) is 0 Å². The Kier molecular flexibility index (Phi) is 2.05. The third-order valence-electron chi connectivity index (χ3n) is 0.872. The zero-order valence-corrected chi connectivity index (χ0v) is 4.90. The van der Waals surface area contributed by atoms with Gasteiger partial charge in [-0.25, -0.2) is 4.39 Å². The van der Waals surface area contributed by atoms with E-state index in [1.807, 2.05) is 0 Å². The highest BCUT2D eigenvalue weighted by atomic mass is 35.5. The fourth-order valence-corrected chi connectivity index (χ4v) is 0.578. The van der Waals surface area contributed by atoms with E-state index in [1.54, 1.807) is 0 Å². The number of hydrogen-bond donors (Lipinski definition) is 0. The number of rotatable bonds is 0. The summed E-state index contributed by atoms with van der Waals surface area (Å²) in [6.45, 7) is 0.156. The molecule has 4 heteroatoms. The molecule has 2 atom stereocenters. The molecule has 2 nitrogen and oxygen atoms in total. The minimum atomic E-state index is -1.18. The Morgan fingerprint density at radius 3 is 2.75 bits per heavy atom. The predicted molar refractivity (Wildman–Crippen MR) is 26.4 cm³/mol. The van der Waals surface area contributed by atoms with Crippen molar-refractivity contribution in [2.75, 3.05) is 13.4 Å². The number of alkyl halides is 2. The molecular weight excluding hydrogens is 134 g/mol. The Labute approximate surface area is 51.5 Å². The summed E-state index contributed by atoms with van der Waals surface area (Å²) in [5, 5.41) is 0. The molecule has 0 aromatic heterocycles. The molecule has 48 valence electrons. The standard InChI is InChI=1S/C4H6ClFO2/c5-4-3(6)1-7-2-8-4/h3-4H,1-2H2. The first-order chi connectivity index (χ1) is 3.80. The summed E-state index contributed by atoms with van der Waals surface area (Å²) in [4.78, 5) is 0. The largest absolute Gasteiger partial charge is 0.352 e. The second-order valence-electron chi connectivity index (χ2n) is 1.52.